The zero-order valence-electron chi connectivity index (χ0n) is 9.46. The average Bonchev–Trinajstić information content (AvgIpc) is 2.72. The molecule has 0 spiro atoms. The summed E-state index contributed by atoms with van der Waals surface area (Å²) in [6.45, 7) is 2.06. The molecule has 3 heteroatoms. The highest BCUT2D eigenvalue weighted by Crippen LogP contribution is 2.21. The Balaban J connectivity index is 2.14. The van der Waals surface area contributed by atoms with Crippen molar-refractivity contribution in [1.82, 2.24) is 9.38 Å². The second kappa shape index (κ2) is 3.63. The van der Waals surface area contributed by atoms with Crippen LogP contribution in [0, 0.1) is 6.92 Å². The predicted octanol–water partition coefficient (Wildman–Crippen LogP) is 3.02. The van der Waals surface area contributed by atoms with E-state index in [-0.39, 0.29) is 5.75 Å². The van der Waals surface area contributed by atoms with E-state index in [2.05, 4.69) is 11.9 Å². The van der Waals surface area contributed by atoms with Crippen molar-refractivity contribution in [3.63, 3.8) is 0 Å². The number of imidazole rings is 1. The Hall–Kier alpha value is -2.29. The highest BCUT2D eigenvalue weighted by molar-refractivity contribution is 5.63. The topological polar surface area (TPSA) is 37.5 Å². The van der Waals surface area contributed by atoms with Crippen molar-refractivity contribution in [1.29, 1.82) is 0 Å². The summed E-state index contributed by atoms with van der Waals surface area (Å²) in [5.41, 5.74) is 4.05. The number of hydrogen-bond acceptors (Lipinski definition) is 2. The maximum absolute atomic E-state index is 9.25. The molecule has 2 aromatic heterocycles. The first-order chi connectivity index (χ1) is 8.22. The van der Waals surface area contributed by atoms with E-state index in [0.29, 0.717) is 0 Å². The van der Waals surface area contributed by atoms with Crippen LogP contribution in [0.25, 0.3) is 16.9 Å². The summed E-state index contributed by atoms with van der Waals surface area (Å²) >= 11 is 0. The first kappa shape index (κ1) is 9.90. The first-order valence-corrected chi connectivity index (χ1v) is 5.47. The van der Waals surface area contributed by atoms with Gasteiger partial charge in [0.1, 0.15) is 11.4 Å². The Morgan fingerprint density at radius 1 is 1.00 bits per heavy atom. The quantitative estimate of drug-likeness (QED) is 0.690. The van der Waals surface area contributed by atoms with E-state index in [1.54, 1.807) is 12.1 Å². The number of aromatic nitrogens is 2. The Morgan fingerprint density at radius 2 is 1.76 bits per heavy atom. The average molecular weight is 224 g/mol. The zero-order valence-corrected chi connectivity index (χ0v) is 9.46. The van der Waals surface area contributed by atoms with E-state index in [1.165, 1.54) is 5.56 Å². The molecule has 84 valence electrons. The Bertz CT molecular complexity index is 668. The summed E-state index contributed by atoms with van der Waals surface area (Å²) in [7, 11) is 0. The predicted molar refractivity (Wildman–Crippen MR) is 67.0 cm³/mol. The van der Waals surface area contributed by atoms with Crippen molar-refractivity contribution in [3.05, 3.63) is 54.4 Å². The van der Waals surface area contributed by atoms with Crippen LogP contribution in [-0.4, -0.2) is 14.5 Å². The molecule has 3 aromatic rings. The van der Waals surface area contributed by atoms with Gasteiger partial charge >= 0.3 is 0 Å². The van der Waals surface area contributed by atoms with Crippen LogP contribution >= 0.6 is 0 Å². The summed E-state index contributed by atoms with van der Waals surface area (Å²) < 4.78 is 2.01. The van der Waals surface area contributed by atoms with Gasteiger partial charge in [-0.15, -0.1) is 0 Å². The number of phenols is 1. The van der Waals surface area contributed by atoms with E-state index >= 15 is 0 Å². The fourth-order valence-corrected chi connectivity index (χ4v) is 1.87. The van der Waals surface area contributed by atoms with Crippen LogP contribution in [0.4, 0.5) is 0 Å². The van der Waals surface area contributed by atoms with E-state index < -0.39 is 0 Å². The minimum atomic E-state index is 0.272. The molecule has 2 heterocycles. The van der Waals surface area contributed by atoms with Crippen molar-refractivity contribution in [2.45, 2.75) is 6.92 Å². The third-order valence-electron chi connectivity index (χ3n) is 2.76. The van der Waals surface area contributed by atoms with Crippen LogP contribution in [0.5, 0.6) is 5.75 Å². The number of rotatable bonds is 1. The summed E-state index contributed by atoms with van der Waals surface area (Å²) in [4.78, 5) is 4.54. The lowest BCUT2D eigenvalue weighted by atomic mass is 10.2. The van der Waals surface area contributed by atoms with Gasteiger partial charge < -0.3 is 9.51 Å². The number of hydrogen-bond donors (Lipinski definition) is 1. The van der Waals surface area contributed by atoms with Crippen LogP contribution in [0.15, 0.2) is 48.8 Å². The fourth-order valence-electron chi connectivity index (χ4n) is 1.87. The maximum atomic E-state index is 9.25. The molecular weight excluding hydrogens is 212 g/mol. The van der Waals surface area contributed by atoms with Gasteiger partial charge in [-0.25, -0.2) is 4.98 Å². The van der Waals surface area contributed by atoms with Gasteiger partial charge in [0.25, 0.3) is 0 Å². The Morgan fingerprint density at radius 3 is 2.53 bits per heavy atom. The van der Waals surface area contributed by atoms with Crippen molar-refractivity contribution < 1.29 is 5.11 Å². The van der Waals surface area contributed by atoms with Crippen LogP contribution in [-0.2, 0) is 0 Å². The zero-order chi connectivity index (χ0) is 11.8. The Kier molecular flexibility index (Phi) is 2.11. The summed E-state index contributed by atoms with van der Waals surface area (Å²) in [6.07, 6.45) is 4.04. The van der Waals surface area contributed by atoms with Gasteiger partial charge in [0, 0.05) is 18.0 Å². The highest BCUT2D eigenvalue weighted by Gasteiger charge is 2.04. The van der Waals surface area contributed by atoms with Gasteiger partial charge in [-0.3, -0.25) is 0 Å². The van der Waals surface area contributed by atoms with E-state index in [9.17, 15) is 5.11 Å². The molecular formula is C14H12N2O. The van der Waals surface area contributed by atoms with Crippen molar-refractivity contribution in [3.8, 4) is 17.0 Å². The van der Waals surface area contributed by atoms with Crippen LogP contribution < -0.4 is 0 Å². The third-order valence-corrected chi connectivity index (χ3v) is 2.76. The molecule has 0 aliphatic carbocycles. The van der Waals surface area contributed by atoms with Crippen molar-refractivity contribution in [2.75, 3.05) is 0 Å². The van der Waals surface area contributed by atoms with E-state index in [0.717, 1.165) is 16.9 Å². The van der Waals surface area contributed by atoms with Gasteiger partial charge in [-0.2, -0.15) is 0 Å². The minimum absolute atomic E-state index is 0.272. The molecule has 0 atom stereocenters. The molecule has 0 saturated carbocycles. The normalized spacial score (nSPS) is 10.9. The molecule has 0 bridgehead atoms. The SMILES string of the molecule is Cc1ccc2nc(-c3ccc(O)cc3)cn2c1. The molecule has 0 unspecified atom stereocenters. The van der Waals surface area contributed by atoms with E-state index in [4.69, 9.17) is 0 Å². The van der Waals surface area contributed by atoms with Gasteiger partial charge in [-0.1, -0.05) is 6.07 Å². The van der Waals surface area contributed by atoms with Gasteiger partial charge in [-0.05, 0) is 42.8 Å². The number of fused-ring (bicyclic) bond motifs is 1. The van der Waals surface area contributed by atoms with Crippen LogP contribution in [0.1, 0.15) is 5.56 Å². The number of benzene rings is 1. The summed E-state index contributed by atoms with van der Waals surface area (Å²) in [5.74, 6) is 0.272. The van der Waals surface area contributed by atoms with Crippen molar-refractivity contribution >= 4 is 5.65 Å². The number of phenolic OH excluding ortho intramolecular Hbond substituents is 1. The highest BCUT2D eigenvalue weighted by atomic mass is 16.3. The lowest BCUT2D eigenvalue weighted by molar-refractivity contribution is 0.475. The summed E-state index contributed by atoms with van der Waals surface area (Å²) in [6, 6.07) is 11.1. The molecule has 0 aliphatic rings. The molecule has 3 rings (SSSR count). The number of pyridine rings is 1. The van der Waals surface area contributed by atoms with Crippen LogP contribution in [0.2, 0.25) is 0 Å². The fraction of sp³-hybridized carbons (Fsp3) is 0.0714. The molecule has 0 fully saturated rings. The second-order valence-electron chi connectivity index (χ2n) is 4.14. The number of nitrogens with zero attached hydrogens (tertiary/aromatic N) is 2. The van der Waals surface area contributed by atoms with Gasteiger partial charge in [0.15, 0.2) is 0 Å². The molecule has 0 aliphatic heterocycles. The third kappa shape index (κ3) is 1.76. The molecule has 17 heavy (non-hydrogen) atoms. The largest absolute Gasteiger partial charge is 0.508 e. The molecule has 3 nitrogen and oxygen atoms in total. The summed E-state index contributed by atoms with van der Waals surface area (Å²) in [5, 5.41) is 9.25. The lowest BCUT2D eigenvalue weighted by Crippen LogP contribution is -1.82. The van der Waals surface area contributed by atoms with Gasteiger partial charge in [0.2, 0.25) is 0 Å². The molecule has 0 radical (unpaired) electrons. The second-order valence-corrected chi connectivity index (χ2v) is 4.14. The molecule has 0 amide bonds. The minimum Gasteiger partial charge on any atom is -0.508 e. The first-order valence-electron chi connectivity index (χ1n) is 5.47. The van der Waals surface area contributed by atoms with E-state index in [1.807, 2.05) is 41.1 Å². The molecule has 0 saturated heterocycles. The monoisotopic (exact) mass is 224 g/mol. The van der Waals surface area contributed by atoms with Crippen LogP contribution in [0.3, 0.4) is 0 Å². The Labute approximate surface area is 99.0 Å². The lowest BCUT2D eigenvalue weighted by Gasteiger charge is -1.95. The number of aromatic hydroxyl groups is 1. The smallest absolute Gasteiger partial charge is 0.137 e. The molecule has 1 aromatic carbocycles. The molecule has 1 N–H and O–H groups in total. The van der Waals surface area contributed by atoms with Gasteiger partial charge in [0.05, 0.1) is 5.69 Å². The standard InChI is InChI=1S/C14H12N2O/c1-10-2-7-14-15-13(9-16(14)8-10)11-3-5-12(17)6-4-11/h2-9,17H,1H3. The maximum Gasteiger partial charge on any atom is 0.137 e. The van der Waals surface area contributed by atoms with Crippen molar-refractivity contribution in [2.24, 2.45) is 0 Å². The number of aryl methyl sites for hydroxylation is 1.